The molecule has 2 saturated heterocycles. The van der Waals surface area contributed by atoms with Gasteiger partial charge in [0, 0.05) is 17.0 Å². The zero-order valence-electron chi connectivity index (χ0n) is 21.4. The van der Waals surface area contributed by atoms with Crippen LogP contribution in [0.15, 0.2) is 46.1 Å². The molecule has 208 valence electrons. The molecule has 2 aromatic heterocycles. The van der Waals surface area contributed by atoms with Gasteiger partial charge in [0.05, 0.1) is 0 Å². The van der Waals surface area contributed by atoms with Gasteiger partial charge in [0.15, 0.2) is 5.65 Å². The Labute approximate surface area is 229 Å². The van der Waals surface area contributed by atoms with Crippen LogP contribution in [0.3, 0.4) is 0 Å². The fourth-order valence-corrected chi connectivity index (χ4v) is 6.52. The number of aryl methyl sites for hydroxylation is 1. The van der Waals surface area contributed by atoms with Crippen molar-refractivity contribution in [2.45, 2.75) is 49.0 Å². The first-order valence-corrected chi connectivity index (χ1v) is 12.9. The Hall–Kier alpha value is -4.66. The van der Waals surface area contributed by atoms with Crippen LogP contribution >= 0.6 is 11.8 Å². The van der Waals surface area contributed by atoms with Crippen LogP contribution < -0.4 is 21.8 Å². The molecule has 0 spiro atoms. The van der Waals surface area contributed by atoms with Gasteiger partial charge in [0.2, 0.25) is 11.8 Å². The highest BCUT2D eigenvalue weighted by atomic mass is 32.2. The Morgan fingerprint density at radius 3 is 2.55 bits per heavy atom. The van der Waals surface area contributed by atoms with Gasteiger partial charge in [0.25, 0.3) is 17.0 Å². The van der Waals surface area contributed by atoms with E-state index in [9.17, 15) is 39.0 Å². The third-order valence-corrected chi connectivity index (χ3v) is 8.47. The molecule has 0 saturated carbocycles. The van der Waals surface area contributed by atoms with Gasteiger partial charge in [-0.3, -0.25) is 29.1 Å². The molecule has 0 radical (unpaired) electrons. The van der Waals surface area contributed by atoms with Crippen molar-refractivity contribution < 1.29 is 29.4 Å². The number of thioether (sulfide) groups is 1. The van der Waals surface area contributed by atoms with Gasteiger partial charge in [-0.25, -0.2) is 9.78 Å². The molecular formula is C25H24N6O8S. The number of carboxylic acids is 1. The maximum absolute atomic E-state index is 13.5. The predicted molar refractivity (Wildman–Crippen MR) is 141 cm³/mol. The number of H-pyrrole nitrogens is 1. The number of aliphatic carboxylic acids is 1. The highest BCUT2D eigenvalue weighted by Crippen LogP contribution is 2.50. The van der Waals surface area contributed by atoms with Crippen molar-refractivity contribution in [3.8, 4) is 5.75 Å². The number of rotatable bonds is 6. The van der Waals surface area contributed by atoms with Gasteiger partial charge in [-0.05, 0) is 50.1 Å². The van der Waals surface area contributed by atoms with E-state index in [1.165, 1.54) is 47.0 Å². The molecule has 3 aromatic rings. The van der Waals surface area contributed by atoms with Gasteiger partial charge >= 0.3 is 5.97 Å². The molecule has 4 heterocycles. The maximum atomic E-state index is 13.5. The number of aromatic amines is 1. The number of phenolic OH excluding ortho intramolecular Hbond substituents is 1. The van der Waals surface area contributed by atoms with Crippen LogP contribution in [-0.2, 0) is 14.4 Å². The number of β-lactam (4-membered cyclic amide) rings is 1. The smallest absolute Gasteiger partial charge is 0.327 e. The van der Waals surface area contributed by atoms with Crippen molar-refractivity contribution in [2.75, 3.05) is 0 Å². The lowest BCUT2D eigenvalue weighted by Crippen LogP contribution is -2.71. The molecule has 5 rings (SSSR count). The normalized spacial score (nSPS) is 21.8. The maximum Gasteiger partial charge on any atom is 0.327 e. The average molecular weight is 569 g/mol. The predicted octanol–water partition coefficient (Wildman–Crippen LogP) is -0.500. The number of benzene rings is 1. The van der Waals surface area contributed by atoms with Crippen LogP contribution in [0, 0.1) is 6.92 Å². The summed E-state index contributed by atoms with van der Waals surface area (Å²) in [5, 5.41) is 26.3. The summed E-state index contributed by atoms with van der Waals surface area (Å²) in [6, 6.07) is 3.13. The number of carboxylic acid groups (broad SMARTS) is 1. The Morgan fingerprint density at radius 1 is 1.15 bits per heavy atom. The molecule has 1 aromatic carbocycles. The van der Waals surface area contributed by atoms with Crippen LogP contribution in [0.25, 0.3) is 5.65 Å². The first-order valence-electron chi connectivity index (χ1n) is 12.0. The van der Waals surface area contributed by atoms with E-state index in [4.69, 9.17) is 0 Å². The summed E-state index contributed by atoms with van der Waals surface area (Å²) in [5.41, 5.74) is -1.20. The van der Waals surface area contributed by atoms with Crippen LogP contribution in [-0.4, -0.2) is 75.6 Å². The number of fused-ring (bicyclic) bond motifs is 2. The zero-order chi connectivity index (χ0) is 29.1. The molecule has 0 bridgehead atoms. The minimum atomic E-state index is -1.42. The first kappa shape index (κ1) is 26.9. The fourth-order valence-electron chi connectivity index (χ4n) is 4.90. The third-order valence-electron chi connectivity index (χ3n) is 6.90. The second-order valence-electron chi connectivity index (χ2n) is 10.0. The fraction of sp³-hybridized carbons (Fsp3) is 0.320. The van der Waals surface area contributed by atoms with E-state index in [-0.39, 0.29) is 17.0 Å². The Bertz CT molecular complexity index is 1720. The summed E-state index contributed by atoms with van der Waals surface area (Å²) in [6.07, 6.45) is 1.01. The molecule has 3 amide bonds. The summed E-state index contributed by atoms with van der Waals surface area (Å²) in [5.74, 6) is -3.55. The second kappa shape index (κ2) is 9.51. The minimum Gasteiger partial charge on any atom is -0.508 e. The van der Waals surface area contributed by atoms with Gasteiger partial charge in [-0.2, -0.15) is 4.52 Å². The highest BCUT2D eigenvalue weighted by molar-refractivity contribution is 8.01. The lowest BCUT2D eigenvalue weighted by atomic mass is 9.95. The summed E-state index contributed by atoms with van der Waals surface area (Å²) in [7, 11) is 0. The van der Waals surface area contributed by atoms with E-state index in [1.54, 1.807) is 20.8 Å². The van der Waals surface area contributed by atoms with E-state index < -0.39 is 68.6 Å². The molecular weight excluding hydrogens is 544 g/mol. The number of hydrogen-bond donors (Lipinski definition) is 5. The van der Waals surface area contributed by atoms with Crippen molar-refractivity contribution >= 4 is 41.1 Å². The van der Waals surface area contributed by atoms with Crippen molar-refractivity contribution in [3.63, 3.8) is 0 Å². The molecule has 2 aliphatic heterocycles. The number of carbonyl (C=O) groups is 4. The number of nitrogens with one attached hydrogen (secondary N) is 3. The quantitative estimate of drug-likeness (QED) is 0.241. The number of carbonyl (C=O) groups excluding carboxylic acids is 3. The molecule has 15 heteroatoms. The Morgan fingerprint density at radius 2 is 1.88 bits per heavy atom. The lowest BCUT2D eigenvalue weighted by Gasteiger charge is -2.44. The van der Waals surface area contributed by atoms with E-state index in [1.807, 2.05) is 0 Å². The number of aromatic nitrogens is 3. The second-order valence-corrected chi connectivity index (χ2v) is 11.8. The standard InChI is InChI=1S/C25H24N6O8S/c1-10-8-11(4-5-13(10)32)16(27-19(34)12-9-26-14-6-7-15(33)29-31(14)21(12)36)20(35)28-17-22(37)30-18(24(38)39)25(2,3)40-23(17)30/h4-9,16-18,23,32H,1-3H3,(H,27,34)(H,28,35)(H,29,33)(H,38,39)/t16?,17-,18+,23-/m1/s1. The largest absolute Gasteiger partial charge is 0.508 e. The minimum absolute atomic E-state index is 0.0516. The summed E-state index contributed by atoms with van der Waals surface area (Å²) in [6.45, 7) is 4.99. The number of hydrogen-bond acceptors (Lipinski definition) is 9. The SMILES string of the molecule is Cc1cc(C(NC(=O)c2cnc3ccc(=O)[nH]n3c2=O)C(=O)N[C@@H]2C(=O)N3[C@@H]2SC(C)(C)[C@@H]3C(=O)O)ccc1O. The van der Waals surface area contributed by atoms with Crippen LogP contribution in [0.4, 0.5) is 0 Å². The highest BCUT2D eigenvalue weighted by Gasteiger charge is 2.64. The average Bonchev–Trinajstić information content (AvgIpc) is 3.15. The molecule has 1 unspecified atom stereocenters. The van der Waals surface area contributed by atoms with E-state index in [2.05, 4.69) is 20.7 Å². The van der Waals surface area contributed by atoms with E-state index >= 15 is 0 Å². The Balaban J connectivity index is 1.45. The first-order chi connectivity index (χ1) is 18.8. The van der Waals surface area contributed by atoms with Crippen molar-refractivity contribution in [1.29, 1.82) is 0 Å². The Kier molecular flexibility index (Phi) is 6.40. The van der Waals surface area contributed by atoms with Crippen LogP contribution in [0.5, 0.6) is 5.75 Å². The molecule has 5 N–H and O–H groups in total. The lowest BCUT2D eigenvalue weighted by molar-refractivity contribution is -0.161. The van der Waals surface area contributed by atoms with E-state index in [0.29, 0.717) is 5.56 Å². The third kappa shape index (κ3) is 4.37. The topological polar surface area (TPSA) is 203 Å². The molecule has 2 aliphatic rings. The van der Waals surface area contributed by atoms with Crippen molar-refractivity contribution in [1.82, 2.24) is 30.1 Å². The molecule has 0 aliphatic carbocycles. The van der Waals surface area contributed by atoms with Gasteiger partial charge in [-0.1, -0.05) is 6.07 Å². The molecule has 4 atom stereocenters. The van der Waals surface area contributed by atoms with Crippen LogP contribution in [0.1, 0.15) is 41.4 Å². The number of nitrogens with zero attached hydrogens (tertiary/aromatic N) is 3. The monoisotopic (exact) mass is 568 g/mol. The van der Waals surface area contributed by atoms with Gasteiger partial charge in [-0.15, -0.1) is 11.8 Å². The molecule has 2 fully saturated rings. The van der Waals surface area contributed by atoms with Crippen molar-refractivity contribution in [2.24, 2.45) is 0 Å². The summed E-state index contributed by atoms with van der Waals surface area (Å²) in [4.78, 5) is 81.3. The number of aromatic hydroxyl groups is 1. The van der Waals surface area contributed by atoms with E-state index in [0.717, 1.165) is 10.7 Å². The number of amides is 3. The zero-order valence-corrected chi connectivity index (χ0v) is 22.2. The van der Waals surface area contributed by atoms with Crippen LogP contribution in [0.2, 0.25) is 0 Å². The summed E-state index contributed by atoms with van der Waals surface area (Å²) >= 11 is 1.24. The molecule has 14 nitrogen and oxygen atoms in total. The molecule has 40 heavy (non-hydrogen) atoms. The summed E-state index contributed by atoms with van der Waals surface area (Å²) < 4.78 is -0.00382. The number of phenols is 1. The van der Waals surface area contributed by atoms with Gasteiger partial charge < -0.3 is 25.7 Å². The van der Waals surface area contributed by atoms with Crippen molar-refractivity contribution in [3.05, 3.63) is 73.9 Å². The van der Waals surface area contributed by atoms with Gasteiger partial charge in [0.1, 0.15) is 34.8 Å².